The molecule has 1 aliphatic heterocycles. The molecule has 21 heavy (non-hydrogen) atoms. The molecule has 2 N–H and O–H groups in total. The minimum absolute atomic E-state index is 0.00229. The number of hydrogen-bond donors (Lipinski definition) is 2. The van der Waals surface area contributed by atoms with E-state index in [-0.39, 0.29) is 12.0 Å². The molecule has 1 fully saturated rings. The number of ether oxygens (including phenoxy) is 1. The second-order valence-corrected chi connectivity index (χ2v) is 6.60. The van der Waals surface area contributed by atoms with Crippen molar-refractivity contribution in [1.29, 1.82) is 0 Å². The van der Waals surface area contributed by atoms with Crippen molar-refractivity contribution in [3.63, 3.8) is 0 Å². The van der Waals surface area contributed by atoms with Gasteiger partial charge in [0.05, 0.1) is 0 Å². The van der Waals surface area contributed by atoms with E-state index in [0.29, 0.717) is 12.5 Å². The van der Waals surface area contributed by atoms with Crippen LogP contribution in [0.3, 0.4) is 0 Å². The van der Waals surface area contributed by atoms with E-state index in [2.05, 4.69) is 10.6 Å². The van der Waals surface area contributed by atoms with E-state index in [1.54, 1.807) is 4.90 Å². The van der Waals surface area contributed by atoms with Gasteiger partial charge in [-0.2, -0.15) is 0 Å². The Balaban J connectivity index is 2.14. The molecule has 1 aliphatic rings. The fraction of sp³-hybridized carbons (Fsp3) is 0.867. The first kappa shape index (κ1) is 17.8. The summed E-state index contributed by atoms with van der Waals surface area (Å²) in [6.07, 6.45) is 1.78. The van der Waals surface area contributed by atoms with Gasteiger partial charge in [-0.15, -0.1) is 0 Å². The number of hydrogen-bond acceptors (Lipinski definition) is 4. The molecule has 0 aromatic rings. The van der Waals surface area contributed by atoms with Gasteiger partial charge < -0.3 is 20.3 Å². The Kier molecular flexibility index (Phi) is 6.95. The molecule has 0 spiro atoms. The van der Waals surface area contributed by atoms with Crippen molar-refractivity contribution in [1.82, 2.24) is 15.5 Å². The van der Waals surface area contributed by atoms with Crippen molar-refractivity contribution >= 4 is 12.0 Å². The predicted molar refractivity (Wildman–Crippen MR) is 82.1 cm³/mol. The van der Waals surface area contributed by atoms with Gasteiger partial charge in [-0.1, -0.05) is 0 Å². The number of rotatable bonds is 5. The molecule has 0 bridgehead atoms. The lowest BCUT2D eigenvalue weighted by Gasteiger charge is -2.33. The Labute approximate surface area is 127 Å². The van der Waals surface area contributed by atoms with E-state index in [0.717, 1.165) is 39.0 Å². The number of carbonyl (C=O) groups excluding carboxylic acids is 2. The highest BCUT2D eigenvalue weighted by Gasteiger charge is 2.26. The lowest BCUT2D eigenvalue weighted by atomic mass is 9.97. The zero-order chi connectivity index (χ0) is 15.9. The summed E-state index contributed by atoms with van der Waals surface area (Å²) in [5.41, 5.74) is -0.431. The second-order valence-electron chi connectivity index (χ2n) is 6.60. The van der Waals surface area contributed by atoms with Crippen LogP contribution in [-0.2, 0) is 9.53 Å². The van der Waals surface area contributed by atoms with E-state index in [1.165, 1.54) is 6.92 Å². The first-order valence-corrected chi connectivity index (χ1v) is 7.71. The predicted octanol–water partition coefficient (Wildman–Crippen LogP) is 1.36. The van der Waals surface area contributed by atoms with Crippen LogP contribution in [0.2, 0.25) is 0 Å². The molecule has 0 saturated carbocycles. The summed E-state index contributed by atoms with van der Waals surface area (Å²) in [5.74, 6) is 0.587. The maximum atomic E-state index is 11.9. The Hall–Kier alpha value is -1.30. The molecular weight excluding hydrogens is 270 g/mol. The van der Waals surface area contributed by atoms with Gasteiger partial charge in [0.25, 0.3) is 0 Å². The maximum absolute atomic E-state index is 11.9. The third kappa shape index (κ3) is 7.90. The largest absolute Gasteiger partial charge is 0.444 e. The zero-order valence-corrected chi connectivity index (χ0v) is 13.7. The number of amides is 2. The van der Waals surface area contributed by atoms with Crippen LogP contribution < -0.4 is 10.6 Å². The van der Waals surface area contributed by atoms with Gasteiger partial charge in [-0.3, -0.25) is 4.79 Å². The topological polar surface area (TPSA) is 70.7 Å². The zero-order valence-electron chi connectivity index (χ0n) is 13.7. The van der Waals surface area contributed by atoms with Gasteiger partial charge in [0.1, 0.15) is 5.60 Å². The Morgan fingerprint density at radius 2 is 1.81 bits per heavy atom. The normalized spacial score (nSPS) is 16.7. The fourth-order valence-corrected chi connectivity index (χ4v) is 2.28. The highest BCUT2D eigenvalue weighted by Crippen LogP contribution is 2.19. The lowest BCUT2D eigenvalue weighted by molar-refractivity contribution is -0.118. The van der Waals surface area contributed by atoms with E-state index in [1.807, 2.05) is 20.8 Å². The van der Waals surface area contributed by atoms with Crippen LogP contribution in [0.25, 0.3) is 0 Å². The molecule has 1 saturated heterocycles. The van der Waals surface area contributed by atoms with Crippen molar-refractivity contribution in [2.24, 2.45) is 5.92 Å². The van der Waals surface area contributed by atoms with Crippen molar-refractivity contribution in [3.8, 4) is 0 Å². The van der Waals surface area contributed by atoms with Crippen molar-refractivity contribution in [3.05, 3.63) is 0 Å². The van der Waals surface area contributed by atoms with Gasteiger partial charge in [-0.25, -0.2) is 4.79 Å². The third-order valence-electron chi connectivity index (χ3n) is 3.37. The van der Waals surface area contributed by atoms with Crippen LogP contribution in [0.4, 0.5) is 4.79 Å². The van der Waals surface area contributed by atoms with Crippen LogP contribution in [0.1, 0.15) is 40.5 Å². The van der Waals surface area contributed by atoms with Crippen LogP contribution in [-0.4, -0.2) is 55.2 Å². The average molecular weight is 299 g/mol. The van der Waals surface area contributed by atoms with E-state index in [4.69, 9.17) is 4.74 Å². The van der Waals surface area contributed by atoms with E-state index in [9.17, 15) is 9.59 Å². The molecule has 0 unspecified atom stereocenters. The summed E-state index contributed by atoms with van der Waals surface area (Å²) in [4.78, 5) is 24.4. The smallest absolute Gasteiger partial charge is 0.410 e. The third-order valence-corrected chi connectivity index (χ3v) is 3.37. The minimum Gasteiger partial charge on any atom is -0.444 e. The molecule has 0 aliphatic carbocycles. The van der Waals surface area contributed by atoms with E-state index >= 15 is 0 Å². The van der Waals surface area contributed by atoms with Crippen LogP contribution in [0, 0.1) is 5.92 Å². The van der Waals surface area contributed by atoms with E-state index < -0.39 is 5.60 Å². The van der Waals surface area contributed by atoms with Crippen molar-refractivity contribution in [2.75, 3.05) is 32.7 Å². The molecule has 0 atom stereocenters. The van der Waals surface area contributed by atoms with Crippen LogP contribution >= 0.6 is 0 Å². The summed E-state index contributed by atoms with van der Waals surface area (Å²) >= 11 is 0. The Bertz CT molecular complexity index is 345. The quantitative estimate of drug-likeness (QED) is 0.752. The fourth-order valence-electron chi connectivity index (χ4n) is 2.28. The molecule has 122 valence electrons. The van der Waals surface area contributed by atoms with Gasteiger partial charge in [-0.05, 0) is 46.1 Å². The average Bonchev–Trinajstić information content (AvgIpc) is 2.36. The molecule has 6 heteroatoms. The Morgan fingerprint density at radius 3 is 2.33 bits per heavy atom. The van der Waals surface area contributed by atoms with Gasteiger partial charge in [0, 0.05) is 33.1 Å². The minimum atomic E-state index is -0.431. The molecule has 6 nitrogen and oxygen atoms in total. The SMILES string of the molecule is CC(=O)NCCNCC1CCN(C(=O)OC(C)(C)C)CC1. The standard InChI is InChI=1S/C15H29N3O3/c1-12(19)17-8-7-16-11-13-5-9-18(10-6-13)14(20)21-15(2,3)4/h13,16H,5-11H2,1-4H3,(H,17,19). The van der Waals surface area contributed by atoms with Crippen LogP contribution in [0.5, 0.6) is 0 Å². The highest BCUT2D eigenvalue weighted by molar-refractivity contribution is 5.72. The van der Waals surface area contributed by atoms with Gasteiger partial charge in [0.15, 0.2) is 0 Å². The van der Waals surface area contributed by atoms with Crippen LogP contribution in [0.15, 0.2) is 0 Å². The molecule has 0 aromatic carbocycles. The second kappa shape index (κ2) is 8.22. The number of nitrogens with one attached hydrogen (secondary N) is 2. The maximum Gasteiger partial charge on any atom is 0.410 e. The lowest BCUT2D eigenvalue weighted by Crippen LogP contribution is -2.43. The summed E-state index contributed by atoms with van der Waals surface area (Å²) in [5, 5.41) is 6.10. The summed E-state index contributed by atoms with van der Waals surface area (Å²) < 4.78 is 5.38. The molecule has 0 aromatic heterocycles. The highest BCUT2D eigenvalue weighted by atomic mass is 16.6. The Morgan fingerprint density at radius 1 is 1.19 bits per heavy atom. The number of nitrogens with zero attached hydrogens (tertiary/aromatic N) is 1. The summed E-state index contributed by atoms with van der Waals surface area (Å²) in [6.45, 7) is 11.1. The first-order chi connectivity index (χ1) is 9.78. The number of piperidine rings is 1. The summed E-state index contributed by atoms with van der Waals surface area (Å²) in [6, 6.07) is 0. The molecule has 2 amide bonds. The van der Waals surface area contributed by atoms with Gasteiger partial charge >= 0.3 is 6.09 Å². The monoisotopic (exact) mass is 299 g/mol. The molecule has 1 heterocycles. The summed E-state index contributed by atoms with van der Waals surface area (Å²) in [7, 11) is 0. The van der Waals surface area contributed by atoms with Crippen molar-refractivity contribution in [2.45, 2.75) is 46.1 Å². The first-order valence-electron chi connectivity index (χ1n) is 7.71. The number of likely N-dealkylation sites (tertiary alicyclic amines) is 1. The van der Waals surface area contributed by atoms with Gasteiger partial charge in [0.2, 0.25) is 5.91 Å². The molecular formula is C15H29N3O3. The molecule has 0 radical (unpaired) electrons. The van der Waals surface area contributed by atoms with Crippen molar-refractivity contribution < 1.29 is 14.3 Å². The molecule has 1 rings (SSSR count). The number of carbonyl (C=O) groups is 2.